The van der Waals surface area contributed by atoms with Gasteiger partial charge < -0.3 is 0 Å². The van der Waals surface area contributed by atoms with Crippen molar-refractivity contribution in [3.8, 4) is 0 Å². The first-order valence-electron chi connectivity index (χ1n) is 18.3. The van der Waals surface area contributed by atoms with E-state index in [9.17, 15) is 0 Å². The summed E-state index contributed by atoms with van der Waals surface area (Å²) in [6.07, 6.45) is 25.6. The van der Waals surface area contributed by atoms with E-state index in [1.807, 2.05) is 0 Å². The van der Waals surface area contributed by atoms with Gasteiger partial charge in [-0.2, -0.15) is 0 Å². The van der Waals surface area contributed by atoms with Crippen LogP contribution in [0.3, 0.4) is 0 Å². The Morgan fingerprint density at radius 3 is 0.512 bits per heavy atom. The molecule has 8 atom stereocenters. The first-order valence-corrected chi connectivity index (χ1v) is 25.5. The van der Waals surface area contributed by atoms with Crippen molar-refractivity contribution >= 4 is 44.2 Å². The van der Waals surface area contributed by atoms with Crippen LogP contribution in [-0.4, -0.2) is 72.5 Å². The zero-order chi connectivity index (χ0) is 28.2. The molecule has 8 nitrogen and oxygen atoms in total. The minimum atomic E-state index is 0. The molecule has 5 heterocycles. The van der Waals surface area contributed by atoms with E-state index in [0.29, 0.717) is 72.5 Å². The summed E-state index contributed by atoms with van der Waals surface area (Å²) in [6, 6.07) is 0. The van der Waals surface area contributed by atoms with Crippen LogP contribution in [0.4, 0.5) is 0 Å². The Kier molecular flexibility index (Phi) is 10.9. The van der Waals surface area contributed by atoms with Crippen LogP contribution in [0.5, 0.6) is 0 Å². The van der Waals surface area contributed by atoms with Gasteiger partial charge in [-0.1, -0.05) is 51.4 Å². The molecule has 9 fully saturated rings. The molecule has 4 aliphatic carbocycles. The molecule has 9 rings (SSSR count). The van der Waals surface area contributed by atoms with Crippen molar-refractivity contribution < 1.29 is 0 Å². The Labute approximate surface area is 284 Å². The molecule has 0 spiro atoms. The normalized spacial score (nSPS) is 53.7. The van der Waals surface area contributed by atoms with Crippen molar-refractivity contribution in [2.45, 2.75) is 152 Å². The number of hydrogen-bond donors (Lipinski definition) is 8. The van der Waals surface area contributed by atoms with Crippen molar-refractivity contribution in [2.24, 2.45) is 47.3 Å². The standard InChI is InChI=1S/C32H56N8.2ClH.In.2H/c1-2-10-18-17(9-1)25-33-26(18)38-28-21-13-5-6-14-22(21)30(35-28)40-32-24-16-8-7-15-23(24)31(36-32)39-29-20-12-4-3-11-19(20)27(34-29)37-25;;;;;/h17-40H,1-16H2;2*1H;;;/q;;;+1;;/p-1. The van der Waals surface area contributed by atoms with E-state index < -0.39 is 0 Å². The first-order chi connectivity index (χ1) is 20.8. The molecule has 8 N–H and O–H groups in total. The van der Waals surface area contributed by atoms with E-state index in [-0.39, 0.29) is 12.4 Å². The monoisotopic (exact) mass is 740 g/mol. The minimum absolute atomic E-state index is 0. The fourth-order valence-corrected chi connectivity index (χ4v) is 12.0. The van der Waals surface area contributed by atoms with Crippen molar-refractivity contribution in [1.29, 1.82) is 0 Å². The summed E-state index contributed by atoms with van der Waals surface area (Å²) in [5.74, 6) is 5.97. The Morgan fingerprint density at radius 1 is 0.279 bits per heavy atom. The van der Waals surface area contributed by atoms with Crippen LogP contribution < -0.4 is 42.5 Å². The van der Waals surface area contributed by atoms with Crippen LogP contribution in [-0.2, 0) is 0 Å². The average molecular weight is 742 g/mol. The molecule has 5 saturated heterocycles. The van der Waals surface area contributed by atoms with Crippen LogP contribution in [0.1, 0.15) is 103 Å². The predicted molar refractivity (Wildman–Crippen MR) is 179 cm³/mol. The Morgan fingerprint density at radius 2 is 0.395 bits per heavy atom. The number of rotatable bonds is 0. The van der Waals surface area contributed by atoms with E-state index in [4.69, 9.17) is 8.58 Å². The zero-order valence-corrected chi connectivity index (χ0v) is 33.6. The van der Waals surface area contributed by atoms with E-state index in [0.717, 1.165) is 47.3 Å². The van der Waals surface area contributed by atoms with Gasteiger partial charge in [0.1, 0.15) is 0 Å². The summed E-state index contributed by atoms with van der Waals surface area (Å²) >= 11 is 0.422. The number of nitrogens with one attached hydrogen (secondary N) is 8. The SMILES string of the molecule is C1CCC2C3NC(NC4NC(NC5NC(NC6NC(N3)C3CCCCC63)C3CCCCC53)C3CCCCC43)C2C1.Cl.[Cl][InH2]. The molecule has 0 aromatic heterocycles. The summed E-state index contributed by atoms with van der Waals surface area (Å²) < 4.78 is 0. The molecule has 0 radical (unpaired) electrons. The van der Waals surface area contributed by atoms with Crippen molar-refractivity contribution in [2.75, 3.05) is 0 Å². The molecule has 0 amide bonds. The molecule has 43 heavy (non-hydrogen) atoms. The fraction of sp³-hybridized carbons (Fsp3) is 1.00. The third-order valence-electron chi connectivity index (χ3n) is 13.8. The molecule has 244 valence electrons. The van der Waals surface area contributed by atoms with Crippen LogP contribution in [0, 0.1) is 47.3 Å². The Balaban J connectivity index is 0.000000981. The molecule has 9 aliphatic rings. The predicted octanol–water partition coefficient (Wildman–Crippen LogP) is 2.80. The maximum atomic E-state index is 4.85. The van der Waals surface area contributed by atoms with Gasteiger partial charge in [-0.3, -0.25) is 42.5 Å². The van der Waals surface area contributed by atoms with E-state index in [1.165, 1.54) is 103 Å². The quantitative estimate of drug-likeness (QED) is 0.193. The van der Waals surface area contributed by atoms with Crippen LogP contribution in [0.15, 0.2) is 0 Å². The van der Waals surface area contributed by atoms with E-state index in [1.54, 1.807) is 0 Å². The summed E-state index contributed by atoms with van der Waals surface area (Å²) in [6.45, 7) is 0. The number of fused-ring (bicyclic) bond motifs is 20. The van der Waals surface area contributed by atoms with Crippen LogP contribution >= 0.6 is 21.0 Å². The van der Waals surface area contributed by atoms with Gasteiger partial charge in [0.25, 0.3) is 0 Å². The topological polar surface area (TPSA) is 96.2 Å². The van der Waals surface area contributed by atoms with Crippen LogP contribution in [0.2, 0.25) is 0 Å². The molecular weight excluding hydrogens is 682 g/mol. The first kappa shape index (κ1) is 32.7. The van der Waals surface area contributed by atoms with Crippen molar-refractivity contribution in [3.63, 3.8) is 0 Å². The van der Waals surface area contributed by atoms with Crippen LogP contribution in [0.25, 0.3) is 0 Å². The van der Waals surface area contributed by atoms with Gasteiger partial charge in [0.2, 0.25) is 0 Å². The molecule has 11 heteroatoms. The second-order valence-corrected chi connectivity index (χ2v) is 15.6. The van der Waals surface area contributed by atoms with Gasteiger partial charge in [0.15, 0.2) is 0 Å². The molecule has 0 aromatic carbocycles. The van der Waals surface area contributed by atoms with Gasteiger partial charge >= 0.3 is 31.8 Å². The molecular formula is C32H59Cl2InN8. The molecule has 4 saturated carbocycles. The Hall–Kier alpha value is 1.13. The molecule has 5 aliphatic heterocycles. The fourth-order valence-electron chi connectivity index (χ4n) is 12.0. The zero-order valence-electron chi connectivity index (χ0n) is 26.3. The molecule has 0 aromatic rings. The van der Waals surface area contributed by atoms with Gasteiger partial charge in [-0.15, -0.1) is 12.4 Å². The summed E-state index contributed by atoms with van der Waals surface area (Å²) in [7, 11) is 4.85. The second-order valence-electron chi connectivity index (χ2n) is 15.6. The second kappa shape index (κ2) is 14.3. The van der Waals surface area contributed by atoms with E-state index in [2.05, 4.69) is 42.5 Å². The summed E-state index contributed by atoms with van der Waals surface area (Å²) in [5, 5.41) is 33.8. The van der Waals surface area contributed by atoms with E-state index >= 15 is 0 Å². The number of hydrogen-bond acceptors (Lipinski definition) is 8. The summed E-state index contributed by atoms with van der Waals surface area (Å²) in [4.78, 5) is 0. The third kappa shape index (κ3) is 6.13. The van der Waals surface area contributed by atoms with Gasteiger partial charge in [0, 0.05) is 0 Å². The Bertz CT molecular complexity index is 728. The summed E-state index contributed by atoms with van der Waals surface area (Å²) in [5.41, 5.74) is 0. The maximum absolute atomic E-state index is 4.85. The van der Waals surface area contributed by atoms with Gasteiger partial charge in [0.05, 0.1) is 49.3 Å². The molecule has 8 bridgehead atoms. The molecule has 8 unspecified atom stereocenters. The van der Waals surface area contributed by atoms with Gasteiger partial charge in [-0.25, -0.2) is 0 Å². The van der Waals surface area contributed by atoms with Crippen molar-refractivity contribution in [1.82, 2.24) is 42.5 Å². The number of halogens is 2. The average Bonchev–Trinajstić information content (AvgIpc) is 3.78. The van der Waals surface area contributed by atoms with Gasteiger partial charge in [-0.05, 0) is 98.7 Å². The van der Waals surface area contributed by atoms with Crippen molar-refractivity contribution in [3.05, 3.63) is 0 Å². The third-order valence-corrected chi connectivity index (χ3v) is 13.8.